The normalized spacial score (nSPS) is 13.4. The quantitative estimate of drug-likeness (QED) is 0.822. The summed E-state index contributed by atoms with van der Waals surface area (Å²) in [7, 11) is 0. The number of hydrogen-bond donors (Lipinski definition) is 1. The molecule has 0 aliphatic carbocycles. The molecule has 0 amide bonds. The lowest BCUT2D eigenvalue weighted by Gasteiger charge is -2.19. The molecule has 0 aliphatic heterocycles. The fraction of sp³-hybridized carbons (Fsp3) is 0.571. The van der Waals surface area contributed by atoms with Gasteiger partial charge in [0.15, 0.2) is 0 Å². The molecule has 0 unspecified atom stereocenters. The molecule has 0 saturated heterocycles. The van der Waals surface area contributed by atoms with Crippen molar-refractivity contribution in [1.82, 2.24) is 0 Å². The van der Waals surface area contributed by atoms with E-state index < -0.39 is 0 Å². The molecule has 0 saturated carbocycles. The first-order valence-corrected chi connectivity index (χ1v) is 6.11. The predicted molar refractivity (Wildman–Crippen MR) is 70.2 cm³/mol. The van der Waals surface area contributed by atoms with Crippen LogP contribution in [0.4, 0.5) is 4.39 Å². The third-order valence-electron chi connectivity index (χ3n) is 2.35. The van der Waals surface area contributed by atoms with Crippen LogP contribution in [-0.4, -0.2) is 18.8 Å². The molecule has 102 valence electrons. The summed E-state index contributed by atoms with van der Waals surface area (Å²) >= 11 is 0. The molecule has 1 aromatic rings. The van der Waals surface area contributed by atoms with E-state index >= 15 is 0 Å². The Morgan fingerprint density at radius 2 is 1.94 bits per heavy atom. The number of halogens is 1. The van der Waals surface area contributed by atoms with Crippen LogP contribution in [0, 0.1) is 5.82 Å². The van der Waals surface area contributed by atoms with Gasteiger partial charge in [-0.05, 0) is 33.8 Å². The first-order valence-electron chi connectivity index (χ1n) is 6.11. The molecule has 4 heteroatoms. The van der Waals surface area contributed by atoms with Gasteiger partial charge in [0.05, 0.1) is 12.2 Å². The maximum absolute atomic E-state index is 13.6. The molecule has 18 heavy (non-hydrogen) atoms. The van der Waals surface area contributed by atoms with E-state index in [0.29, 0.717) is 24.5 Å². The van der Waals surface area contributed by atoms with Gasteiger partial charge in [0.25, 0.3) is 0 Å². The first kappa shape index (κ1) is 14.9. The Labute approximate surface area is 108 Å². The molecule has 1 aromatic carbocycles. The lowest BCUT2D eigenvalue weighted by atomic mass is 10.1. The van der Waals surface area contributed by atoms with Gasteiger partial charge in [-0.25, -0.2) is 4.39 Å². The van der Waals surface area contributed by atoms with E-state index in [-0.39, 0.29) is 17.5 Å². The van der Waals surface area contributed by atoms with Crippen LogP contribution in [0.5, 0.6) is 5.75 Å². The van der Waals surface area contributed by atoms with Gasteiger partial charge in [-0.3, -0.25) is 0 Å². The van der Waals surface area contributed by atoms with E-state index in [0.717, 1.165) is 0 Å². The number of hydrogen-bond acceptors (Lipinski definition) is 3. The summed E-state index contributed by atoms with van der Waals surface area (Å²) in [5, 5.41) is 0. The van der Waals surface area contributed by atoms with E-state index in [1.807, 2.05) is 20.8 Å². The second-order valence-corrected chi connectivity index (χ2v) is 5.28. The average molecular weight is 255 g/mol. The third kappa shape index (κ3) is 5.02. The van der Waals surface area contributed by atoms with E-state index in [2.05, 4.69) is 0 Å². The molecule has 0 fully saturated rings. The minimum Gasteiger partial charge on any atom is -0.491 e. The molecular formula is C14H22FNO2. The molecule has 0 bridgehead atoms. The second kappa shape index (κ2) is 6.16. The highest BCUT2D eigenvalue weighted by Crippen LogP contribution is 2.20. The SMILES string of the molecule is C[C@@H](N)c1ccc(OCCOC(C)(C)C)cc1F. The van der Waals surface area contributed by atoms with Crippen molar-refractivity contribution in [1.29, 1.82) is 0 Å². The number of rotatable bonds is 5. The maximum Gasteiger partial charge on any atom is 0.131 e. The van der Waals surface area contributed by atoms with Gasteiger partial charge in [0.1, 0.15) is 18.2 Å². The highest BCUT2D eigenvalue weighted by Gasteiger charge is 2.10. The van der Waals surface area contributed by atoms with Crippen molar-refractivity contribution in [2.75, 3.05) is 13.2 Å². The Morgan fingerprint density at radius 1 is 1.28 bits per heavy atom. The van der Waals surface area contributed by atoms with Crippen LogP contribution in [0.25, 0.3) is 0 Å². The monoisotopic (exact) mass is 255 g/mol. The number of benzene rings is 1. The summed E-state index contributed by atoms with van der Waals surface area (Å²) in [5.74, 6) is 0.161. The van der Waals surface area contributed by atoms with Crippen molar-refractivity contribution in [3.05, 3.63) is 29.6 Å². The van der Waals surface area contributed by atoms with E-state index in [9.17, 15) is 4.39 Å². The molecule has 0 spiro atoms. The van der Waals surface area contributed by atoms with E-state index in [1.54, 1.807) is 19.1 Å². The van der Waals surface area contributed by atoms with Crippen molar-refractivity contribution < 1.29 is 13.9 Å². The first-order chi connectivity index (χ1) is 8.29. The molecule has 0 aliphatic rings. The van der Waals surface area contributed by atoms with Crippen molar-refractivity contribution in [2.45, 2.75) is 39.3 Å². The average Bonchev–Trinajstić information content (AvgIpc) is 2.22. The molecule has 0 aromatic heterocycles. The minimum absolute atomic E-state index is 0.187. The van der Waals surface area contributed by atoms with Crippen molar-refractivity contribution in [2.24, 2.45) is 5.73 Å². The smallest absolute Gasteiger partial charge is 0.131 e. The van der Waals surface area contributed by atoms with E-state index in [1.165, 1.54) is 6.07 Å². The van der Waals surface area contributed by atoms with Gasteiger partial charge < -0.3 is 15.2 Å². The zero-order valence-electron chi connectivity index (χ0n) is 11.5. The van der Waals surface area contributed by atoms with Gasteiger partial charge in [-0.1, -0.05) is 6.07 Å². The molecule has 1 atom stereocenters. The summed E-state index contributed by atoms with van der Waals surface area (Å²) in [6.07, 6.45) is 0. The summed E-state index contributed by atoms with van der Waals surface area (Å²) in [6, 6.07) is 4.41. The van der Waals surface area contributed by atoms with Crippen LogP contribution >= 0.6 is 0 Å². The number of ether oxygens (including phenoxy) is 2. The largest absolute Gasteiger partial charge is 0.491 e. The minimum atomic E-state index is -0.334. The van der Waals surface area contributed by atoms with Crippen LogP contribution in [0.2, 0.25) is 0 Å². The third-order valence-corrected chi connectivity index (χ3v) is 2.35. The Hall–Kier alpha value is -1.13. The van der Waals surface area contributed by atoms with Crippen molar-refractivity contribution in [3.8, 4) is 5.75 Å². The van der Waals surface area contributed by atoms with Gasteiger partial charge in [-0.15, -0.1) is 0 Å². The summed E-state index contributed by atoms with van der Waals surface area (Å²) in [6.45, 7) is 8.54. The summed E-state index contributed by atoms with van der Waals surface area (Å²) < 4.78 is 24.5. The van der Waals surface area contributed by atoms with Crippen molar-refractivity contribution >= 4 is 0 Å². The molecule has 0 heterocycles. The van der Waals surface area contributed by atoms with Gasteiger partial charge >= 0.3 is 0 Å². The number of nitrogens with two attached hydrogens (primary N) is 1. The lowest BCUT2D eigenvalue weighted by Crippen LogP contribution is -2.22. The van der Waals surface area contributed by atoms with Gasteiger partial charge in [0.2, 0.25) is 0 Å². The van der Waals surface area contributed by atoms with E-state index in [4.69, 9.17) is 15.2 Å². The predicted octanol–water partition coefficient (Wildman–Crippen LogP) is 3.04. The Balaban J connectivity index is 2.47. The zero-order chi connectivity index (χ0) is 13.8. The highest BCUT2D eigenvalue weighted by atomic mass is 19.1. The summed E-state index contributed by atoms with van der Waals surface area (Å²) in [4.78, 5) is 0. The zero-order valence-corrected chi connectivity index (χ0v) is 11.5. The fourth-order valence-corrected chi connectivity index (χ4v) is 1.47. The van der Waals surface area contributed by atoms with Crippen molar-refractivity contribution in [3.63, 3.8) is 0 Å². The Kier molecular flexibility index (Phi) is 5.11. The maximum atomic E-state index is 13.6. The van der Waals surface area contributed by atoms with Gasteiger partial charge in [-0.2, -0.15) is 0 Å². The standard InChI is InChI=1S/C14H22FNO2/c1-10(16)12-6-5-11(9-13(12)15)17-7-8-18-14(2,3)4/h5-6,9-10H,7-8,16H2,1-4H3/t10-/m1/s1. The van der Waals surface area contributed by atoms with Gasteiger partial charge in [0, 0.05) is 17.7 Å². The highest BCUT2D eigenvalue weighted by molar-refractivity contribution is 5.30. The van der Waals surface area contributed by atoms with Crippen LogP contribution in [-0.2, 0) is 4.74 Å². The summed E-state index contributed by atoms with van der Waals surface area (Å²) in [5.41, 5.74) is 5.94. The van der Waals surface area contributed by atoms with Crippen LogP contribution < -0.4 is 10.5 Å². The molecule has 3 nitrogen and oxygen atoms in total. The molecule has 2 N–H and O–H groups in total. The lowest BCUT2D eigenvalue weighted by molar-refractivity contribution is -0.0163. The second-order valence-electron chi connectivity index (χ2n) is 5.28. The molecular weight excluding hydrogens is 233 g/mol. The molecule has 1 rings (SSSR count). The fourth-order valence-electron chi connectivity index (χ4n) is 1.47. The topological polar surface area (TPSA) is 44.5 Å². The van der Waals surface area contributed by atoms with Crippen LogP contribution in [0.15, 0.2) is 18.2 Å². The Morgan fingerprint density at radius 3 is 2.44 bits per heavy atom. The molecule has 0 radical (unpaired) electrons. The Bertz CT molecular complexity index is 386. The van der Waals surface area contributed by atoms with Crippen LogP contribution in [0.1, 0.15) is 39.3 Å². The van der Waals surface area contributed by atoms with Crippen LogP contribution in [0.3, 0.4) is 0 Å².